The largest absolute Gasteiger partial charge is 0.406 e. The molecule has 2 amide bonds. The molecular formula is C23H18F3N5O2. The normalized spacial score (nSPS) is 17.9. The van der Waals surface area contributed by atoms with Crippen LogP contribution in [0.2, 0.25) is 0 Å². The number of benzene rings is 2. The predicted octanol–water partition coefficient (Wildman–Crippen LogP) is 3.77. The summed E-state index contributed by atoms with van der Waals surface area (Å²) in [7, 11) is 1.60. The minimum Gasteiger partial charge on any atom is -0.325 e. The zero-order chi connectivity index (χ0) is 23.8. The molecule has 2 heterocycles. The Morgan fingerprint density at radius 3 is 2.64 bits per heavy atom. The fourth-order valence-electron chi connectivity index (χ4n) is 4.09. The zero-order valence-electron chi connectivity index (χ0n) is 17.4. The SMILES string of the molecule is Cn1cc(C2C(C(=O)Nc3cccc(C#N)c3)c3ccccc3C(=O)N2CC(F)(F)F)cn1. The number of fused-ring (bicyclic) bond motifs is 1. The molecule has 2 atom stereocenters. The standard InChI is InChI=1S/C23H18F3N5O2/c1-30-12-15(11-28-30)20-19(21(32)29-16-6-4-5-14(9-16)10-27)17-7-2-3-8-18(17)22(33)31(20)13-23(24,25)26/h2-9,11-12,19-20H,13H2,1H3,(H,29,32). The van der Waals surface area contributed by atoms with Gasteiger partial charge in [-0.2, -0.15) is 23.5 Å². The van der Waals surface area contributed by atoms with E-state index in [1.165, 1.54) is 35.3 Å². The van der Waals surface area contributed by atoms with Crippen molar-refractivity contribution >= 4 is 17.5 Å². The molecule has 0 aliphatic carbocycles. The molecule has 0 saturated carbocycles. The first-order chi connectivity index (χ1) is 15.7. The molecule has 3 aromatic rings. The number of nitrogens with zero attached hydrogens (tertiary/aromatic N) is 4. The Bertz CT molecular complexity index is 1260. The van der Waals surface area contributed by atoms with Gasteiger partial charge in [0.2, 0.25) is 5.91 Å². The van der Waals surface area contributed by atoms with Crippen molar-refractivity contribution in [1.82, 2.24) is 14.7 Å². The van der Waals surface area contributed by atoms with Crippen molar-refractivity contribution in [3.8, 4) is 6.07 Å². The second-order valence-electron chi connectivity index (χ2n) is 7.69. The smallest absolute Gasteiger partial charge is 0.325 e. The van der Waals surface area contributed by atoms with Crippen molar-refractivity contribution in [1.29, 1.82) is 5.26 Å². The summed E-state index contributed by atoms with van der Waals surface area (Å²) < 4.78 is 41.9. The first-order valence-electron chi connectivity index (χ1n) is 9.94. The topological polar surface area (TPSA) is 91.0 Å². The molecule has 168 valence electrons. The van der Waals surface area contributed by atoms with Gasteiger partial charge in [0.05, 0.1) is 29.8 Å². The molecule has 2 unspecified atom stereocenters. The van der Waals surface area contributed by atoms with Crippen LogP contribution in [0.15, 0.2) is 60.9 Å². The fraction of sp³-hybridized carbons (Fsp3) is 0.217. The Hall–Kier alpha value is -4.13. The highest BCUT2D eigenvalue weighted by molar-refractivity contribution is 6.04. The summed E-state index contributed by atoms with van der Waals surface area (Å²) in [4.78, 5) is 27.3. The van der Waals surface area contributed by atoms with Gasteiger partial charge in [-0.25, -0.2) is 0 Å². The Balaban J connectivity index is 1.84. The van der Waals surface area contributed by atoms with E-state index >= 15 is 0 Å². The number of rotatable bonds is 4. The average Bonchev–Trinajstić information content (AvgIpc) is 3.20. The third-order valence-corrected chi connectivity index (χ3v) is 5.40. The maximum atomic E-state index is 13.5. The number of carbonyl (C=O) groups excluding carboxylic acids is 2. The molecule has 4 rings (SSSR count). The maximum Gasteiger partial charge on any atom is 0.406 e. The summed E-state index contributed by atoms with van der Waals surface area (Å²) in [5.74, 6) is -2.56. The van der Waals surface area contributed by atoms with Crippen LogP contribution < -0.4 is 5.32 Å². The number of carbonyl (C=O) groups is 2. The van der Waals surface area contributed by atoms with Crippen molar-refractivity contribution < 1.29 is 22.8 Å². The molecule has 33 heavy (non-hydrogen) atoms. The van der Waals surface area contributed by atoms with Crippen LogP contribution in [-0.4, -0.2) is 39.2 Å². The van der Waals surface area contributed by atoms with E-state index in [0.29, 0.717) is 27.3 Å². The summed E-state index contributed by atoms with van der Waals surface area (Å²) in [6.07, 6.45) is -1.83. The second kappa shape index (κ2) is 8.43. The molecular weight excluding hydrogens is 435 g/mol. The van der Waals surface area contributed by atoms with E-state index < -0.39 is 36.5 Å². The van der Waals surface area contributed by atoms with Crippen LogP contribution in [-0.2, 0) is 11.8 Å². The van der Waals surface area contributed by atoms with Gasteiger partial charge in [0.1, 0.15) is 6.54 Å². The van der Waals surface area contributed by atoms with Gasteiger partial charge >= 0.3 is 6.18 Å². The molecule has 2 aromatic carbocycles. The molecule has 0 radical (unpaired) electrons. The monoisotopic (exact) mass is 453 g/mol. The second-order valence-corrected chi connectivity index (χ2v) is 7.69. The number of nitriles is 1. The van der Waals surface area contributed by atoms with Crippen LogP contribution in [0.1, 0.15) is 39.0 Å². The highest BCUT2D eigenvalue weighted by atomic mass is 19.4. The lowest BCUT2D eigenvalue weighted by atomic mass is 9.79. The molecule has 0 saturated heterocycles. The first-order valence-corrected chi connectivity index (χ1v) is 9.94. The van der Waals surface area contributed by atoms with Crippen molar-refractivity contribution in [3.05, 3.63) is 83.2 Å². The number of hydrogen-bond donors (Lipinski definition) is 1. The van der Waals surface area contributed by atoms with Gasteiger partial charge in [-0.15, -0.1) is 0 Å². The number of amides is 2. The van der Waals surface area contributed by atoms with Crippen LogP contribution in [0.25, 0.3) is 0 Å². The summed E-state index contributed by atoms with van der Waals surface area (Å²) in [5, 5.41) is 15.8. The van der Waals surface area contributed by atoms with E-state index in [9.17, 15) is 22.8 Å². The van der Waals surface area contributed by atoms with Gasteiger partial charge in [0.15, 0.2) is 0 Å². The molecule has 0 bridgehead atoms. The van der Waals surface area contributed by atoms with E-state index in [4.69, 9.17) is 5.26 Å². The van der Waals surface area contributed by atoms with Crippen molar-refractivity contribution in [2.75, 3.05) is 11.9 Å². The Morgan fingerprint density at radius 1 is 1.21 bits per heavy atom. The molecule has 1 aromatic heterocycles. The fourth-order valence-corrected chi connectivity index (χ4v) is 4.09. The molecule has 0 spiro atoms. The quantitative estimate of drug-likeness (QED) is 0.651. The van der Waals surface area contributed by atoms with Gasteiger partial charge in [-0.05, 0) is 29.8 Å². The van der Waals surface area contributed by atoms with Crippen LogP contribution in [0.4, 0.5) is 18.9 Å². The summed E-state index contributed by atoms with van der Waals surface area (Å²) in [6, 6.07) is 13.1. The lowest BCUT2D eigenvalue weighted by Crippen LogP contribution is -2.49. The first kappa shape index (κ1) is 22.1. The van der Waals surface area contributed by atoms with Gasteiger partial charge in [-0.1, -0.05) is 24.3 Å². The van der Waals surface area contributed by atoms with Gasteiger partial charge in [-0.3, -0.25) is 14.3 Å². The average molecular weight is 453 g/mol. The number of hydrogen-bond acceptors (Lipinski definition) is 4. The molecule has 0 fully saturated rings. The summed E-state index contributed by atoms with van der Waals surface area (Å²) in [5.41, 5.74) is 1.29. The summed E-state index contributed by atoms with van der Waals surface area (Å²) >= 11 is 0. The van der Waals surface area contributed by atoms with Crippen molar-refractivity contribution in [2.45, 2.75) is 18.1 Å². The van der Waals surface area contributed by atoms with E-state index in [1.807, 2.05) is 6.07 Å². The number of nitrogens with one attached hydrogen (secondary N) is 1. The van der Waals surface area contributed by atoms with Crippen molar-refractivity contribution in [3.63, 3.8) is 0 Å². The number of aromatic nitrogens is 2. The highest BCUT2D eigenvalue weighted by Gasteiger charge is 2.48. The Morgan fingerprint density at radius 2 is 1.97 bits per heavy atom. The van der Waals surface area contributed by atoms with E-state index in [-0.39, 0.29) is 5.56 Å². The predicted molar refractivity (Wildman–Crippen MR) is 112 cm³/mol. The van der Waals surface area contributed by atoms with E-state index in [0.717, 1.165) is 0 Å². The number of aryl methyl sites for hydroxylation is 1. The van der Waals surface area contributed by atoms with E-state index in [1.54, 1.807) is 37.4 Å². The lowest BCUT2D eigenvalue weighted by Gasteiger charge is -2.41. The van der Waals surface area contributed by atoms with Crippen LogP contribution >= 0.6 is 0 Å². The van der Waals surface area contributed by atoms with Crippen LogP contribution in [0.5, 0.6) is 0 Å². The summed E-state index contributed by atoms with van der Waals surface area (Å²) in [6.45, 7) is -1.52. The Labute approximate surface area is 187 Å². The molecule has 10 heteroatoms. The van der Waals surface area contributed by atoms with E-state index in [2.05, 4.69) is 10.4 Å². The number of alkyl halides is 3. The van der Waals surface area contributed by atoms with Gasteiger partial charge in [0, 0.05) is 30.1 Å². The number of halogens is 3. The Kier molecular flexibility index (Phi) is 5.64. The third-order valence-electron chi connectivity index (χ3n) is 5.40. The van der Waals surface area contributed by atoms with Gasteiger partial charge in [0.25, 0.3) is 5.91 Å². The molecule has 1 aliphatic rings. The lowest BCUT2D eigenvalue weighted by molar-refractivity contribution is -0.148. The highest BCUT2D eigenvalue weighted by Crippen LogP contribution is 2.44. The van der Waals surface area contributed by atoms with Crippen LogP contribution in [0, 0.1) is 11.3 Å². The third kappa shape index (κ3) is 4.43. The number of anilines is 1. The van der Waals surface area contributed by atoms with Gasteiger partial charge < -0.3 is 10.2 Å². The van der Waals surface area contributed by atoms with Crippen molar-refractivity contribution in [2.24, 2.45) is 7.05 Å². The molecule has 1 aliphatic heterocycles. The maximum absolute atomic E-state index is 13.5. The van der Waals surface area contributed by atoms with Crippen LogP contribution in [0.3, 0.4) is 0 Å². The molecule has 1 N–H and O–H groups in total. The minimum absolute atomic E-state index is 0.0350. The minimum atomic E-state index is -4.68. The molecule has 7 nitrogen and oxygen atoms in total. The zero-order valence-corrected chi connectivity index (χ0v) is 17.4.